The topological polar surface area (TPSA) is 42.0 Å². The van der Waals surface area contributed by atoms with Crippen LogP contribution in [0.3, 0.4) is 0 Å². The molecule has 2 aromatic carbocycles. The van der Waals surface area contributed by atoms with Crippen LogP contribution < -0.4 is 9.64 Å². The molecular weight excluding hydrogens is 364 g/mol. The van der Waals surface area contributed by atoms with Gasteiger partial charge in [0.15, 0.2) is 6.79 Å². The van der Waals surface area contributed by atoms with E-state index in [1.54, 1.807) is 13.2 Å². The second-order valence-corrected chi connectivity index (χ2v) is 6.68. The van der Waals surface area contributed by atoms with Crippen molar-refractivity contribution < 1.29 is 14.3 Å². The molecule has 1 heterocycles. The molecule has 1 amide bonds. The number of hydrogen-bond donors (Lipinski definition) is 0. The second kappa shape index (κ2) is 9.44. The second-order valence-electron chi connectivity index (χ2n) is 6.25. The Morgan fingerprint density at radius 1 is 1.11 bits per heavy atom. The molecule has 6 heteroatoms. The summed E-state index contributed by atoms with van der Waals surface area (Å²) in [5, 5.41) is 0.729. The third-order valence-corrected chi connectivity index (χ3v) is 4.64. The lowest BCUT2D eigenvalue weighted by Gasteiger charge is -2.35. The summed E-state index contributed by atoms with van der Waals surface area (Å²) >= 11 is 6.06. The lowest BCUT2D eigenvalue weighted by atomic mass is 10.2. The van der Waals surface area contributed by atoms with Gasteiger partial charge in [0.05, 0.1) is 0 Å². The minimum Gasteiger partial charge on any atom is -0.468 e. The SMILES string of the molecule is COCOc1ccc(/C=C/C(=O)N2CCN(c3cccc(Cl)c3)CC2)cc1. The zero-order valence-electron chi connectivity index (χ0n) is 15.3. The van der Waals surface area contributed by atoms with Gasteiger partial charge >= 0.3 is 0 Å². The molecule has 0 bridgehead atoms. The highest BCUT2D eigenvalue weighted by molar-refractivity contribution is 6.30. The Kier molecular flexibility index (Phi) is 6.74. The summed E-state index contributed by atoms with van der Waals surface area (Å²) in [4.78, 5) is 16.6. The molecule has 1 aliphatic rings. The van der Waals surface area contributed by atoms with Crippen LogP contribution in [-0.4, -0.2) is 50.9 Å². The Labute approximate surface area is 164 Å². The fourth-order valence-electron chi connectivity index (χ4n) is 2.93. The number of nitrogens with zero attached hydrogens (tertiary/aromatic N) is 2. The number of carbonyl (C=O) groups excluding carboxylic acids is 1. The first-order valence-corrected chi connectivity index (χ1v) is 9.23. The van der Waals surface area contributed by atoms with Crippen molar-refractivity contribution in [2.24, 2.45) is 0 Å². The maximum atomic E-state index is 12.4. The number of methoxy groups -OCH3 is 1. The number of carbonyl (C=O) groups is 1. The Morgan fingerprint density at radius 3 is 2.52 bits per heavy atom. The molecule has 3 rings (SSSR count). The molecular formula is C21H23ClN2O3. The van der Waals surface area contributed by atoms with Crippen molar-refractivity contribution in [3.8, 4) is 5.75 Å². The van der Waals surface area contributed by atoms with Crippen LogP contribution in [-0.2, 0) is 9.53 Å². The lowest BCUT2D eigenvalue weighted by molar-refractivity contribution is -0.126. The third-order valence-electron chi connectivity index (χ3n) is 4.41. The molecule has 0 radical (unpaired) electrons. The number of rotatable bonds is 6. The summed E-state index contributed by atoms with van der Waals surface area (Å²) in [6.07, 6.45) is 3.45. The zero-order chi connectivity index (χ0) is 19.1. The van der Waals surface area contributed by atoms with Gasteiger partial charge in [-0.2, -0.15) is 0 Å². The van der Waals surface area contributed by atoms with Crippen LogP contribution >= 0.6 is 11.6 Å². The Hall–Kier alpha value is -2.50. The van der Waals surface area contributed by atoms with E-state index in [1.807, 2.05) is 59.5 Å². The number of piperazine rings is 1. The molecule has 1 aliphatic heterocycles. The van der Waals surface area contributed by atoms with Crippen molar-refractivity contribution in [2.75, 3.05) is 45.0 Å². The predicted molar refractivity (Wildman–Crippen MR) is 108 cm³/mol. The molecule has 0 spiro atoms. The van der Waals surface area contributed by atoms with Crippen molar-refractivity contribution in [3.05, 3.63) is 65.2 Å². The summed E-state index contributed by atoms with van der Waals surface area (Å²) in [5.74, 6) is 0.762. The Balaban J connectivity index is 1.51. The van der Waals surface area contributed by atoms with Gasteiger partial charge in [0.1, 0.15) is 5.75 Å². The van der Waals surface area contributed by atoms with Crippen molar-refractivity contribution in [2.45, 2.75) is 0 Å². The van der Waals surface area contributed by atoms with E-state index in [0.717, 1.165) is 35.1 Å². The van der Waals surface area contributed by atoms with Gasteiger partial charge in [-0.3, -0.25) is 4.79 Å². The van der Waals surface area contributed by atoms with E-state index in [-0.39, 0.29) is 12.7 Å². The number of amides is 1. The van der Waals surface area contributed by atoms with Crippen LogP contribution in [0.1, 0.15) is 5.56 Å². The van der Waals surface area contributed by atoms with Crippen LogP contribution in [0, 0.1) is 0 Å². The Morgan fingerprint density at radius 2 is 1.85 bits per heavy atom. The molecule has 0 saturated carbocycles. The van der Waals surface area contributed by atoms with Crippen LogP contribution in [0.5, 0.6) is 5.75 Å². The fourth-order valence-corrected chi connectivity index (χ4v) is 3.12. The molecule has 0 unspecified atom stereocenters. The highest BCUT2D eigenvalue weighted by Crippen LogP contribution is 2.21. The first-order chi connectivity index (χ1) is 13.2. The van der Waals surface area contributed by atoms with Gasteiger partial charge in [0.25, 0.3) is 0 Å². The smallest absolute Gasteiger partial charge is 0.246 e. The van der Waals surface area contributed by atoms with Crippen LogP contribution in [0.25, 0.3) is 6.08 Å². The van der Waals surface area contributed by atoms with Gasteiger partial charge in [-0.25, -0.2) is 0 Å². The van der Waals surface area contributed by atoms with Crippen molar-refractivity contribution >= 4 is 29.3 Å². The van der Waals surface area contributed by atoms with Gasteiger partial charge in [-0.05, 0) is 42.0 Å². The average molecular weight is 387 g/mol. The van der Waals surface area contributed by atoms with E-state index >= 15 is 0 Å². The van der Waals surface area contributed by atoms with Crippen LogP contribution in [0.15, 0.2) is 54.6 Å². The largest absolute Gasteiger partial charge is 0.468 e. The predicted octanol–water partition coefficient (Wildman–Crippen LogP) is 3.68. The zero-order valence-corrected chi connectivity index (χ0v) is 16.1. The van der Waals surface area contributed by atoms with Crippen LogP contribution in [0.2, 0.25) is 5.02 Å². The molecule has 0 aliphatic carbocycles. The molecule has 0 aromatic heterocycles. The van der Waals surface area contributed by atoms with Crippen molar-refractivity contribution in [3.63, 3.8) is 0 Å². The third kappa shape index (κ3) is 5.49. The number of hydrogen-bond acceptors (Lipinski definition) is 4. The Bertz CT molecular complexity index is 784. The number of anilines is 1. The summed E-state index contributed by atoms with van der Waals surface area (Å²) < 4.78 is 10.2. The van der Waals surface area contributed by atoms with Gasteiger partial charge in [-0.1, -0.05) is 29.8 Å². The molecule has 0 atom stereocenters. The maximum Gasteiger partial charge on any atom is 0.246 e. The van der Waals surface area contributed by atoms with E-state index in [4.69, 9.17) is 21.1 Å². The number of ether oxygens (including phenoxy) is 2. The number of benzene rings is 2. The van der Waals surface area contributed by atoms with E-state index < -0.39 is 0 Å². The fraction of sp³-hybridized carbons (Fsp3) is 0.286. The van der Waals surface area contributed by atoms with Crippen molar-refractivity contribution in [1.82, 2.24) is 4.90 Å². The quantitative estimate of drug-likeness (QED) is 0.561. The van der Waals surface area contributed by atoms with Crippen LogP contribution in [0.4, 0.5) is 5.69 Å². The maximum absolute atomic E-state index is 12.4. The minimum atomic E-state index is 0.0282. The van der Waals surface area contributed by atoms with Gasteiger partial charge in [0, 0.05) is 50.1 Å². The summed E-state index contributed by atoms with van der Waals surface area (Å²) in [6, 6.07) is 15.3. The normalized spacial score (nSPS) is 14.6. The van der Waals surface area contributed by atoms with E-state index in [9.17, 15) is 4.79 Å². The summed E-state index contributed by atoms with van der Waals surface area (Å²) in [7, 11) is 1.58. The summed E-state index contributed by atoms with van der Waals surface area (Å²) in [5.41, 5.74) is 2.05. The molecule has 0 N–H and O–H groups in total. The van der Waals surface area contributed by atoms with E-state index in [2.05, 4.69) is 4.90 Å². The summed E-state index contributed by atoms with van der Waals surface area (Å²) in [6.45, 7) is 3.20. The van der Waals surface area contributed by atoms with E-state index in [1.165, 1.54) is 0 Å². The molecule has 1 fully saturated rings. The van der Waals surface area contributed by atoms with Gasteiger partial charge < -0.3 is 19.3 Å². The first-order valence-electron chi connectivity index (χ1n) is 8.85. The van der Waals surface area contributed by atoms with E-state index in [0.29, 0.717) is 13.1 Å². The monoisotopic (exact) mass is 386 g/mol. The average Bonchev–Trinajstić information content (AvgIpc) is 2.71. The van der Waals surface area contributed by atoms with Crippen molar-refractivity contribution in [1.29, 1.82) is 0 Å². The van der Waals surface area contributed by atoms with Gasteiger partial charge in [0.2, 0.25) is 5.91 Å². The highest BCUT2D eigenvalue weighted by atomic mass is 35.5. The molecule has 2 aromatic rings. The molecule has 1 saturated heterocycles. The highest BCUT2D eigenvalue weighted by Gasteiger charge is 2.19. The molecule has 27 heavy (non-hydrogen) atoms. The minimum absolute atomic E-state index is 0.0282. The lowest BCUT2D eigenvalue weighted by Crippen LogP contribution is -2.48. The standard InChI is InChI=1S/C21H23ClN2O3/c1-26-16-27-20-8-5-17(6-9-20)7-10-21(25)24-13-11-23(12-14-24)19-4-2-3-18(22)15-19/h2-10,15H,11-14,16H2,1H3/b10-7+. The number of halogens is 1. The van der Waals surface area contributed by atoms with Gasteiger partial charge in [-0.15, -0.1) is 0 Å². The first kappa shape index (κ1) is 19.3. The molecule has 142 valence electrons. The molecule has 5 nitrogen and oxygen atoms in total.